The van der Waals surface area contributed by atoms with Crippen LogP contribution >= 0.6 is 0 Å². The van der Waals surface area contributed by atoms with E-state index in [1.165, 1.54) is 0 Å². The molecule has 1 aromatic heterocycles. The Morgan fingerprint density at radius 3 is 3.27 bits per heavy atom. The molecule has 3 rings (SSSR count). The van der Waals surface area contributed by atoms with E-state index in [1.54, 1.807) is 0 Å². The molecule has 0 spiro atoms. The molecule has 74 valence electrons. The molecule has 1 N–H and O–H groups in total. The van der Waals surface area contributed by atoms with E-state index in [1.807, 2.05) is 18.2 Å². The zero-order valence-electron chi connectivity index (χ0n) is 8.20. The Morgan fingerprint density at radius 2 is 2.40 bits per heavy atom. The van der Waals surface area contributed by atoms with Gasteiger partial charge in [0.05, 0.1) is 17.6 Å². The second-order valence-corrected chi connectivity index (χ2v) is 3.64. The van der Waals surface area contributed by atoms with Gasteiger partial charge in [-0.25, -0.2) is 4.98 Å². The molecule has 2 heterocycles. The average Bonchev–Trinajstić information content (AvgIpc) is 2.67. The van der Waals surface area contributed by atoms with Crippen molar-refractivity contribution in [3.8, 4) is 6.07 Å². The Bertz CT molecular complexity index is 562. The molecule has 0 saturated carbocycles. The smallest absolute Gasteiger partial charge is 0.123 e. The number of aromatic nitrogens is 2. The first-order valence-electron chi connectivity index (χ1n) is 4.99. The van der Waals surface area contributed by atoms with Crippen molar-refractivity contribution < 1.29 is 0 Å². The van der Waals surface area contributed by atoms with E-state index in [-0.39, 0.29) is 0 Å². The maximum absolute atomic E-state index is 8.98. The van der Waals surface area contributed by atoms with Gasteiger partial charge in [-0.3, -0.25) is 0 Å². The molecule has 1 aliphatic heterocycles. The monoisotopic (exact) mass is 198 g/mol. The van der Waals surface area contributed by atoms with Gasteiger partial charge < -0.3 is 9.88 Å². The van der Waals surface area contributed by atoms with Crippen LogP contribution in [0.25, 0.3) is 11.0 Å². The van der Waals surface area contributed by atoms with E-state index in [2.05, 4.69) is 20.9 Å². The van der Waals surface area contributed by atoms with Crippen LogP contribution in [-0.2, 0) is 13.1 Å². The summed E-state index contributed by atoms with van der Waals surface area (Å²) in [4.78, 5) is 4.50. The van der Waals surface area contributed by atoms with E-state index in [4.69, 9.17) is 5.26 Å². The topological polar surface area (TPSA) is 53.6 Å². The molecular weight excluding hydrogens is 188 g/mol. The van der Waals surface area contributed by atoms with E-state index >= 15 is 0 Å². The second-order valence-electron chi connectivity index (χ2n) is 3.64. The lowest BCUT2D eigenvalue weighted by Gasteiger charge is -2.15. The zero-order chi connectivity index (χ0) is 10.3. The highest BCUT2D eigenvalue weighted by atomic mass is 15.2. The third-order valence-electron chi connectivity index (χ3n) is 2.77. The predicted molar refractivity (Wildman–Crippen MR) is 56.2 cm³/mol. The number of imidazole rings is 1. The molecule has 0 amide bonds. The normalized spacial score (nSPS) is 14.9. The number of rotatable bonds is 0. The van der Waals surface area contributed by atoms with Crippen LogP contribution in [0, 0.1) is 11.3 Å². The fourth-order valence-electron chi connectivity index (χ4n) is 2.06. The van der Waals surface area contributed by atoms with Crippen LogP contribution in [0.4, 0.5) is 0 Å². The minimum atomic E-state index is 0.661. The highest BCUT2D eigenvalue weighted by molar-refractivity contribution is 5.82. The fraction of sp³-hybridized carbons (Fsp3) is 0.273. The summed E-state index contributed by atoms with van der Waals surface area (Å²) >= 11 is 0. The summed E-state index contributed by atoms with van der Waals surface area (Å²) < 4.78 is 2.19. The number of nitrogens with zero attached hydrogens (tertiary/aromatic N) is 3. The SMILES string of the molecule is N#Cc1cccc2c1nc1n2CCNC1. The van der Waals surface area contributed by atoms with E-state index < -0.39 is 0 Å². The largest absolute Gasteiger partial charge is 0.326 e. The van der Waals surface area contributed by atoms with E-state index in [9.17, 15) is 0 Å². The van der Waals surface area contributed by atoms with Crippen molar-refractivity contribution in [1.29, 1.82) is 5.26 Å². The van der Waals surface area contributed by atoms with Gasteiger partial charge in [-0.15, -0.1) is 0 Å². The maximum atomic E-state index is 8.98. The van der Waals surface area contributed by atoms with Gasteiger partial charge in [-0.1, -0.05) is 6.07 Å². The van der Waals surface area contributed by atoms with E-state index in [0.717, 1.165) is 36.5 Å². The fourth-order valence-corrected chi connectivity index (χ4v) is 2.06. The maximum Gasteiger partial charge on any atom is 0.123 e. The minimum absolute atomic E-state index is 0.661. The summed E-state index contributed by atoms with van der Waals surface area (Å²) in [6, 6.07) is 7.94. The van der Waals surface area contributed by atoms with Crippen molar-refractivity contribution in [3.05, 3.63) is 29.6 Å². The molecule has 15 heavy (non-hydrogen) atoms. The van der Waals surface area contributed by atoms with Gasteiger partial charge in [0.25, 0.3) is 0 Å². The zero-order valence-corrected chi connectivity index (χ0v) is 8.20. The van der Waals surface area contributed by atoms with Crippen molar-refractivity contribution in [1.82, 2.24) is 14.9 Å². The Kier molecular flexibility index (Phi) is 1.73. The van der Waals surface area contributed by atoms with Crippen LogP contribution in [0.15, 0.2) is 18.2 Å². The lowest BCUT2D eigenvalue weighted by atomic mass is 10.2. The lowest BCUT2D eigenvalue weighted by molar-refractivity contribution is 0.514. The molecule has 0 unspecified atom stereocenters. The van der Waals surface area contributed by atoms with Crippen molar-refractivity contribution in [2.75, 3.05) is 6.54 Å². The highest BCUT2D eigenvalue weighted by Gasteiger charge is 2.15. The third kappa shape index (κ3) is 1.14. The Labute approximate surface area is 87.1 Å². The number of hydrogen-bond acceptors (Lipinski definition) is 3. The van der Waals surface area contributed by atoms with Gasteiger partial charge in [0.15, 0.2) is 0 Å². The van der Waals surface area contributed by atoms with Crippen molar-refractivity contribution in [3.63, 3.8) is 0 Å². The molecule has 0 fully saturated rings. The molecule has 4 heteroatoms. The van der Waals surface area contributed by atoms with Gasteiger partial charge in [0.2, 0.25) is 0 Å². The van der Waals surface area contributed by atoms with Gasteiger partial charge in [-0.2, -0.15) is 5.26 Å². The quantitative estimate of drug-likeness (QED) is 0.687. The molecule has 0 atom stereocenters. The van der Waals surface area contributed by atoms with Gasteiger partial charge >= 0.3 is 0 Å². The number of nitrogens with one attached hydrogen (secondary N) is 1. The molecule has 0 saturated heterocycles. The van der Waals surface area contributed by atoms with Crippen LogP contribution in [0.5, 0.6) is 0 Å². The molecule has 0 radical (unpaired) electrons. The minimum Gasteiger partial charge on any atom is -0.326 e. The number of benzene rings is 1. The summed E-state index contributed by atoms with van der Waals surface area (Å²) in [6.07, 6.45) is 0. The lowest BCUT2D eigenvalue weighted by Crippen LogP contribution is -2.28. The molecule has 1 aromatic carbocycles. The third-order valence-corrected chi connectivity index (χ3v) is 2.77. The van der Waals surface area contributed by atoms with Crippen LogP contribution in [0.3, 0.4) is 0 Å². The Balaban J connectivity index is 2.37. The van der Waals surface area contributed by atoms with Crippen LogP contribution < -0.4 is 5.32 Å². The Morgan fingerprint density at radius 1 is 1.47 bits per heavy atom. The molecular formula is C11H10N4. The number of para-hydroxylation sites is 1. The highest BCUT2D eigenvalue weighted by Crippen LogP contribution is 2.20. The number of hydrogen-bond donors (Lipinski definition) is 1. The van der Waals surface area contributed by atoms with Crippen LogP contribution in [0.1, 0.15) is 11.4 Å². The summed E-state index contributed by atoms with van der Waals surface area (Å²) in [5, 5.41) is 12.3. The summed E-state index contributed by atoms with van der Waals surface area (Å²) in [5.74, 6) is 1.03. The van der Waals surface area contributed by atoms with Gasteiger partial charge in [0, 0.05) is 13.1 Å². The second kappa shape index (κ2) is 3.07. The van der Waals surface area contributed by atoms with Gasteiger partial charge in [0.1, 0.15) is 17.4 Å². The molecule has 1 aliphatic rings. The standard InChI is InChI=1S/C11H10N4/c12-6-8-2-1-3-9-11(8)14-10-7-13-4-5-15(9)10/h1-3,13H,4-5,7H2. The van der Waals surface area contributed by atoms with Crippen LogP contribution in [-0.4, -0.2) is 16.1 Å². The average molecular weight is 198 g/mol. The first-order valence-corrected chi connectivity index (χ1v) is 4.99. The molecule has 0 bridgehead atoms. The number of fused-ring (bicyclic) bond motifs is 3. The molecule has 2 aromatic rings. The van der Waals surface area contributed by atoms with Crippen molar-refractivity contribution in [2.24, 2.45) is 0 Å². The summed E-state index contributed by atoms with van der Waals surface area (Å²) in [5.41, 5.74) is 2.57. The molecule has 4 nitrogen and oxygen atoms in total. The summed E-state index contributed by atoms with van der Waals surface area (Å²) in [7, 11) is 0. The van der Waals surface area contributed by atoms with Crippen molar-refractivity contribution in [2.45, 2.75) is 13.1 Å². The van der Waals surface area contributed by atoms with Crippen molar-refractivity contribution >= 4 is 11.0 Å². The molecule has 0 aliphatic carbocycles. The van der Waals surface area contributed by atoms with Gasteiger partial charge in [-0.05, 0) is 12.1 Å². The first-order chi connectivity index (χ1) is 7.40. The van der Waals surface area contributed by atoms with Crippen LogP contribution in [0.2, 0.25) is 0 Å². The first kappa shape index (κ1) is 8.45. The van der Waals surface area contributed by atoms with E-state index in [0.29, 0.717) is 5.56 Å². The summed E-state index contributed by atoms with van der Waals surface area (Å²) in [6.45, 7) is 2.69. The predicted octanol–water partition coefficient (Wildman–Crippen LogP) is 1.01. The Hall–Kier alpha value is -1.86. The number of nitriles is 1.